The molecule has 2 saturated heterocycles. The van der Waals surface area contributed by atoms with E-state index < -0.39 is 0 Å². The first-order chi connectivity index (χ1) is 10.7. The van der Waals surface area contributed by atoms with Gasteiger partial charge < -0.3 is 10.1 Å². The minimum Gasteiger partial charge on any atom is -0.376 e. The highest BCUT2D eigenvalue weighted by molar-refractivity contribution is 5.84. The number of aromatic nitrogens is 3. The molecular weight excluding hydrogens is 278 g/mol. The van der Waals surface area contributed by atoms with E-state index >= 15 is 0 Å². The predicted octanol–water partition coefficient (Wildman–Crippen LogP) is 1.61. The summed E-state index contributed by atoms with van der Waals surface area (Å²) in [5.41, 5.74) is 2.73. The summed E-state index contributed by atoms with van der Waals surface area (Å²) in [6.45, 7) is 7.02. The lowest BCUT2D eigenvalue weighted by Gasteiger charge is -2.33. The van der Waals surface area contributed by atoms with Gasteiger partial charge in [0.1, 0.15) is 11.8 Å². The Hall–Kier alpha value is -1.79. The van der Waals surface area contributed by atoms with Gasteiger partial charge in [0.15, 0.2) is 5.82 Å². The maximum absolute atomic E-state index is 5.77. The van der Waals surface area contributed by atoms with Crippen molar-refractivity contribution in [2.75, 3.05) is 25.0 Å². The number of fused-ring (bicyclic) bond motifs is 2. The molecule has 6 nitrogen and oxygen atoms in total. The van der Waals surface area contributed by atoms with Crippen LogP contribution in [0.1, 0.15) is 19.0 Å². The fourth-order valence-corrected chi connectivity index (χ4v) is 3.48. The van der Waals surface area contributed by atoms with E-state index in [0.717, 1.165) is 48.7 Å². The van der Waals surface area contributed by atoms with E-state index in [-0.39, 0.29) is 0 Å². The predicted molar refractivity (Wildman–Crippen MR) is 84.9 cm³/mol. The van der Waals surface area contributed by atoms with Crippen LogP contribution in [0.5, 0.6) is 0 Å². The summed E-state index contributed by atoms with van der Waals surface area (Å²) in [4.78, 5) is 15.8. The van der Waals surface area contributed by atoms with Crippen LogP contribution in [-0.4, -0.2) is 57.7 Å². The van der Waals surface area contributed by atoms with E-state index in [2.05, 4.69) is 32.1 Å². The van der Waals surface area contributed by atoms with Crippen LogP contribution in [0.3, 0.4) is 0 Å². The molecule has 6 heteroatoms. The number of anilines is 1. The number of pyridine rings is 1. The lowest BCUT2D eigenvalue weighted by molar-refractivity contribution is -0.0390. The Morgan fingerprint density at radius 1 is 1.27 bits per heavy atom. The van der Waals surface area contributed by atoms with Crippen LogP contribution in [0.25, 0.3) is 11.0 Å². The third-order valence-corrected chi connectivity index (χ3v) is 4.55. The van der Waals surface area contributed by atoms with E-state index in [9.17, 15) is 0 Å². The Bertz CT molecular complexity index is 691. The van der Waals surface area contributed by atoms with Crippen molar-refractivity contribution < 1.29 is 4.74 Å². The molecule has 2 aliphatic rings. The van der Waals surface area contributed by atoms with Gasteiger partial charge in [0.2, 0.25) is 0 Å². The summed E-state index contributed by atoms with van der Waals surface area (Å²) >= 11 is 0. The normalized spacial score (nSPS) is 28.7. The molecule has 0 aromatic carbocycles. The highest BCUT2D eigenvalue weighted by Crippen LogP contribution is 2.26. The molecule has 0 saturated carbocycles. The fraction of sp³-hybridized carbons (Fsp3) is 0.562. The Morgan fingerprint density at radius 2 is 2.18 bits per heavy atom. The van der Waals surface area contributed by atoms with Gasteiger partial charge >= 0.3 is 0 Å². The average Bonchev–Trinajstić information content (AvgIpc) is 2.89. The molecule has 2 aromatic rings. The van der Waals surface area contributed by atoms with Gasteiger partial charge in [-0.25, -0.2) is 15.0 Å². The molecule has 4 heterocycles. The van der Waals surface area contributed by atoms with Crippen LogP contribution in [-0.2, 0) is 4.74 Å². The zero-order valence-electron chi connectivity index (χ0n) is 13.0. The molecule has 0 radical (unpaired) electrons. The number of ether oxygens (including phenoxy) is 1. The number of hydrogen-bond acceptors (Lipinski definition) is 6. The van der Waals surface area contributed by atoms with Gasteiger partial charge in [0, 0.05) is 30.9 Å². The Balaban J connectivity index is 1.56. The lowest BCUT2D eigenvalue weighted by atomic mass is 10.1. The highest BCUT2D eigenvalue weighted by atomic mass is 16.5. The van der Waals surface area contributed by atoms with E-state index in [1.54, 1.807) is 6.33 Å². The number of hydrogen-bond donors (Lipinski definition) is 1. The van der Waals surface area contributed by atoms with Crippen molar-refractivity contribution in [3.05, 3.63) is 24.2 Å². The van der Waals surface area contributed by atoms with E-state index in [1.807, 2.05) is 19.1 Å². The van der Waals surface area contributed by atoms with E-state index in [1.165, 1.54) is 0 Å². The first-order valence-corrected chi connectivity index (χ1v) is 7.89. The number of rotatable bonds is 2. The first-order valence-electron chi connectivity index (χ1n) is 7.89. The third kappa shape index (κ3) is 2.53. The molecule has 2 fully saturated rings. The van der Waals surface area contributed by atoms with Crippen LogP contribution >= 0.6 is 0 Å². The van der Waals surface area contributed by atoms with Crippen LogP contribution in [0.4, 0.5) is 5.82 Å². The second-order valence-corrected chi connectivity index (χ2v) is 6.37. The Morgan fingerprint density at radius 3 is 3.09 bits per heavy atom. The Kier molecular flexibility index (Phi) is 3.43. The zero-order chi connectivity index (χ0) is 15.1. The molecule has 0 bridgehead atoms. The van der Waals surface area contributed by atoms with Gasteiger partial charge in [-0.3, -0.25) is 4.90 Å². The molecule has 116 valence electrons. The minimum atomic E-state index is 0.333. The standard InChI is InChI=1S/C16H21N5O/c1-10-3-4-14-15(19-10)16(18-9-17-14)20-12-5-13-8-22-11(2)6-21(13)7-12/h3-4,9,11-13H,5-8H2,1-2H3,(H,17,18,20)/t11-,12-,13+/m1/s1. The van der Waals surface area contributed by atoms with Crippen LogP contribution < -0.4 is 5.32 Å². The van der Waals surface area contributed by atoms with Crippen molar-refractivity contribution >= 4 is 16.9 Å². The van der Waals surface area contributed by atoms with E-state index in [0.29, 0.717) is 18.2 Å². The van der Waals surface area contributed by atoms with Crippen LogP contribution in [0.2, 0.25) is 0 Å². The summed E-state index contributed by atoms with van der Waals surface area (Å²) in [6.07, 6.45) is 3.03. The lowest BCUT2D eigenvalue weighted by Crippen LogP contribution is -2.45. The number of aryl methyl sites for hydroxylation is 1. The quantitative estimate of drug-likeness (QED) is 0.909. The molecule has 2 aromatic heterocycles. The molecule has 0 unspecified atom stereocenters. The summed E-state index contributed by atoms with van der Waals surface area (Å²) < 4.78 is 5.77. The van der Waals surface area contributed by atoms with Crippen molar-refractivity contribution in [2.45, 2.75) is 38.5 Å². The fourth-order valence-electron chi connectivity index (χ4n) is 3.48. The number of morpholine rings is 1. The molecular formula is C16H21N5O. The van der Waals surface area contributed by atoms with Gasteiger partial charge in [0.25, 0.3) is 0 Å². The summed E-state index contributed by atoms with van der Waals surface area (Å²) in [6, 6.07) is 4.89. The smallest absolute Gasteiger partial charge is 0.156 e. The van der Waals surface area contributed by atoms with Crippen molar-refractivity contribution in [1.29, 1.82) is 0 Å². The number of nitrogens with one attached hydrogen (secondary N) is 1. The maximum Gasteiger partial charge on any atom is 0.156 e. The maximum atomic E-state index is 5.77. The molecule has 0 aliphatic carbocycles. The van der Waals surface area contributed by atoms with Gasteiger partial charge in [-0.05, 0) is 32.4 Å². The van der Waals surface area contributed by atoms with Crippen LogP contribution in [0.15, 0.2) is 18.5 Å². The topological polar surface area (TPSA) is 63.2 Å². The zero-order valence-corrected chi connectivity index (χ0v) is 13.0. The van der Waals surface area contributed by atoms with Gasteiger partial charge in [-0.2, -0.15) is 0 Å². The average molecular weight is 299 g/mol. The monoisotopic (exact) mass is 299 g/mol. The van der Waals surface area contributed by atoms with Crippen molar-refractivity contribution in [1.82, 2.24) is 19.9 Å². The molecule has 1 N–H and O–H groups in total. The second-order valence-electron chi connectivity index (χ2n) is 6.37. The van der Waals surface area contributed by atoms with Gasteiger partial charge in [0.05, 0.1) is 18.2 Å². The minimum absolute atomic E-state index is 0.333. The van der Waals surface area contributed by atoms with E-state index in [4.69, 9.17) is 4.74 Å². The first kappa shape index (κ1) is 13.8. The third-order valence-electron chi connectivity index (χ3n) is 4.55. The van der Waals surface area contributed by atoms with Crippen LogP contribution in [0, 0.1) is 6.92 Å². The molecule has 0 spiro atoms. The Labute approximate surface area is 129 Å². The largest absolute Gasteiger partial charge is 0.376 e. The summed E-state index contributed by atoms with van der Waals surface area (Å²) in [7, 11) is 0. The van der Waals surface area contributed by atoms with Crippen molar-refractivity contribution in [2.24, 2.45) is 0 Å². The number of nitrogens with zero attached hydrogens (tertiary/aromatic N) is 4. The molecule has 3 atom stereocenters. The molecule has 2 aliphatic heterocycles. The highest BCUT2D eigenvalue weighted by Gasteiger charge is 2.36. The van der Waals surface area contributed by atoms with Crippen molar-refractivity contribution in [3.8, 4) is 0 Å². The summed E-state index contributed by atoms with van der Waals surface area (Å²) in [5, 5.41) is 3.57. The molecule has 4 rings (SSSR count). The summed E-state index contributed by atoms with van der Waals surface area (Å²) in [5.74, 6) is 0.840. The molecule has 22 heavy (non-hydrogen) atoms. The molecule has 0 amide bonds. The van der Waals surface area contributed by atoms with Gasteiger partial charge in [-0.1, -0.05) is 0 Å². The second kappa shape index (κ2) is 5.44. The SMILES string of the molecule is Cc1ccc2ncnc(N[C@@H]3C[C@H]4CO[C@H](C)CN4C3)c2n1. The van der Waals surface area contributed by atoms with Gasteiger partial charge in [-0.15, -0.1) is 0 Å². The van der Waals surface area contributed by atoms with Crippen molar-refractivity contribution in [3.63, 3.8) is 0 Å².